The van der Waals surface area contributed by atoms with Crippen molar-refractivity contribution >= 4 is 29.3 Å². The summed E-state index contributed by atoms with van der Waals surface area (Å²) in [5.74, 6) is 1.24. The smallest absolute Gasteiger partial charge is 0.276 e. The van der Waals surface area contributed by atoms with E-state index in [0.717, 1.165) is 18.4 Å². The molecule has 2 heterocycles. The molecule has 25 heavy (non-hydrogen) atoms. The summed E-state index contributed by atoms with van der Waals surface area (Å²) in [5, 5.41) is 3.42. The van der Waals surface area contributed by atoms with Crippen LogP contribution in [-0.4, -0.2) is 48.9 Å². The normalized spacial score (nSPS) is 18.4. The summed E-state index contributed by atoms with van der Waals surface area (Å²) >= 11 is 5.29. The number of carbonyl (C=O) groups excluding carboxylic acids is 1. The fourth-order valence-corrected chi connectivity index (χ4v) is 3.01. The van der Waals surface area contributed by atoms with Crippen LogP contribution >= 0.6 is 12.2 Å². The van der Waals surface area contributed by atoms with Crippen molar-refractivity contribution in [2.45, 2.75) is 19.8 Å². The summed E-state index contributed by atoms with van der Waals surface area (Å²) < 4.78 is 16.8. The molecule has 1 fully saturated rings. The fourth-order valence-electron chi connectivity index (χ4n) is 2.73. The van der Waals surface area contributed by atoms with E-state index in [9.17, 15) is 4.79 Å². The Morgan fingerprint density at radius 2 is 2.20 bits per heavy atom. The lowest BCUT2D eigenvalue weighted by Crippen LogP contribution is -2.32. The van der Waals surface area contributed by atoms with E-state index in [-0.39, 0.29) is 5.91 Å². The van der Waals surface area contributed by atoms with Crippen molar-refractivity contribution in [2.24, 2.45) is 0 Å². The van der Waals surface area contributed by atoms with E-state index >= 15 is 0 Å². The average molecular weight is 362 g/mol. The number of fused-ring (bicyclic) bond motifs is 1. The molecule has 0 atom stereocenters. The SMILES string of the molecule is CCOCCCN1C(=O)C(=Cc2cccc3c2OCCCO3)NC1=S. The van der Waals surface area contributed by atoms with Gasteiger partial charge >= 0.3 is 0 Å². The molecule has 1 saturated heterocycles. The topological polar surface area (TPSA) is 60.0 Å². The van der Waals surface area contributed by atoms with Crippen molar-refractivity contribution in [3.05, 3.63) is 29.5 Å². The first kappa shape index (κ1) is 17.7. The first-order valence-corrected chi connectivity index (χ1v) is 8.92. The van der Waals surface area contributed by atoms with Gasteiger partial charge in [-0.2, -0.15) is 0 Å². The van der Waals surface area contributed by atoms with Gasteiger partial charge in [0.05, 0.1) is 13.2 Å². The Kier molecular flexibility index (Phi) is 5.88. The molecular formula is C18H22N2O4S. The minimum atomic E-state index is -0.131. The van der Waals surface area contributed by atoms with Crippen molar-refractivity contribution in [3.63, 3.8) is 0 Å². The van der Waals surface area contributed by atoms with Crippen molar-refractivity contribution < 1.29 is 19.0 Å². The van der Waals surface area contributed by atoms with Crippen LogP contribution in [0.15, 0.2) is 23.9 Å². The predicted octanol–water partition coefficient (Wildman–Crippen LogP) is 2.33. The third-order valence-electron chi connectivity index (χ3n) is 3.94. The maximum atomic E-state index is 12.6. The van der Waals surface area contributed by atoms with E-state index < -0.39 is 0 Å². The van der Waals surface area contributed by atoms with Gasteiger partial charge in [-0.15, -0.1) is 0 Å². The molecule has 3 rings (SSSR count). The van der Waals surface area contributed by atoms with E-state index in [1.165, 1.54) is 0 Å². The van der Waals surface area contributed by atoms with Gasteiger partial charge in [0.15, 0.2) is 16.6 Å². The summed E-state index contributed by atoms with van der Waals surface area (Å²) in [5.41, 5.74) is 1.25. The Balaban J connectivity index is 1.76. The lowest BCUT2D eigenvalue weighted by molar-refractivity contribution is -0.122. The van der Waals surface area contributed by atoms with Gasteiger partial charge in [0, 0.05) is 31.7 Å². The standard InChI is InChI=1S/C18H22N2O4S/c1-2-22-9-4-8-20-17(21)14(19-18(20)25)12-13-6-3-7-15-16(13)24-11-5-10-23-15/h3,6-7,12H,2,4-5,8-11H2,1H3,(H,19,25). The van der Waals surface area contributed by atoms with Crippen LogP contribution in [0.5, 0.6) is 11.5 Å². The summed E-state index contributed by atoms with van der Waals surface area (Å²) in [6.07, 6.45) is 3.34. The molecule has 1 N–H and O–H groups in total. The molecule has 0 aromatic heterocycles. The molecule has 7 heteroatoms. The van der Waals surface area contributed by atoms with Crippen LogP contribution in [-0.2, 0) is 9.53 Å². The second-order valence-corrected chi connectivity index (χ2v) is 6.11. The van der Waals surface area contributed by atoms with Crippen LogP contribution in [0.4, 0.5) is 0 Å². The molecule has 0 spiro atoms. The Hall–Kier alpha value is -2.12. The van der Waals surface area contributed by atoms with Crippen molar-refractivity contribution in [1.82, 2.24) is 10.2 Å². The Morgan fingerprint density at radius 1 is 1.36 bits per heavy atom. The van der Waals surface area contributed by atoms with E-state index in [0.29, 0.717) is 55.3 Å². The third kappa shape index (κ3) is 4.11. The Bertz CT molecular complexity index is 690. The number of rotatable bonds is 6. The Labute approximate surface area is 152 Å². The number of benzene rings is 1. The van der Waals surface area contributed by atoms with Gasteiger partial charge < -0.3 is 19.5 Å². The molecular weight excluding hydrogens is 340 g/mol. The van der Waals surface area contributed by atoms with E-state index in [2.05, 4.69) is 5.32 Å². The number of amides is 1. The maximum Gasteiger partial charge on any atom is 0.276 e. The van der Waals surface area contributed by atoms with E-state index in [1.807, 2.05) is 25.1 Å². The molecule has 0 unspecified atom stereocenters. The highest BCUT2D eigenvalue weighted by atomic mass is 32.1. The molecule has 1 aromatic rings. The predicted molar refractivity (Wildman–Crippen MR) is 98.6 cm³/mol. The quantitative estimate of drug-likeness (QED) is 0.476. The number of para-hydroxylation sites is 1. The fraction of sp³-hybridized carbons (Fsp3) is 0.444. The van der Waals surface area contributed by atoms with Crippen molar-refractivity contribution in [3.8, 4) is 11.5 Å². The van der Waals surface area contributed by atoms with E-state index in [1.54, 1.807) is 11.0 Å². The Morgan fingerprint density at radius 3 is 3.04 bits per heavy atom. The van der Waals surface area contributed by atoms with E-state index in [4.69, 9.17) is 26.4 Å². The van der Waals surface area contributed by atoms with Gasteiger partial charge in [0.1, 0.15) is 5.70 Å². The average Bonchev–Trinajstić information content (AvgIpc) is 2.80. The minimum absolute atomic E-state index is 0.131. The second kappa shape index (κ2) is 8.31. The van der Waals surface area contributed by atoms with Crippen LogP contribution in [0.25, 0.3) is 6.08 Å². The van der Waals surface area contributed by atoms with Crippen LogP contribution in [0.1, 0.15) is 25.3 Å². The van der Waals surface area contributed by atoms with Crippen LogP contribution in [0.3, 0.4) is 0 Å². The molecule has 0 radical (unpaired) electrons. The summed E-state index contributed by atoms with van der Waals surface area (Å²) in [4.78, 5) is 14.2. The lowest BCUT2D eigenvalue weighted by Gasteiger charge is -2.13. The molecule has 1 aromatic carbocycles. The second-order valence-electron chi connectivity index (χ2n) is 5.72. The van der Waals surface area contributed by atoms with Gasteiger partial charge in [-0.3, -0.25) is 9.69 Å². The first-order chi connectivity index (χ1) is 12.2. The zero-order valence-corrected chi connectivity index (χ0v) is 15.1. The molecule has 2 aliphatic heterocycles. The van der Waals surface area contributed by atoms with Crippen LogP contribution < -0.4 is 14.8 Å². The molecule has 2 aliphatic rings. The number of thiocarbonyl (C=S) groups is 1. The zero-order valence-electron chi connectivity index (χ0n) is 14.2. The third-order valence-corrected chi connectivity index (χ3v) is 4.26. The number of carbonyl (C=O) groups is 1. The molecule has 134 valence electrons. The van der Waals surface area contributed by atoms with Crippen molar-refractivity contribution in [2.75, 3.05) is 33.0 Å². The number of hydrogen-bond acceptors (Lipinski definition) is 5. The number of hydrogen-bond donors (Lipinski definition) is 1. The summed E-state index contributed by atoms with van der Waals surface area (Å²) in [6.45, 7) is 4.98. The van der Waals surface area contributed by atoms with Crippen LogP contribution in [0, 0.1) is 0 Å². The highest BCUT2D eigenvalue weighted by Gasteiger charge is 2.30. The van der Waals surface area contributed by atoms with Gasteiger partial charge in [0.25, 0.3) is 5.91 Å². The summed E-state index contributed by atoms with van der Waals surface area (Å²) in [7, 11) is 0. The van der Waals surface area contributed by atoms with Gasteiger partial charge in [-0.25, -0.2) is 0 Å². The highest BCUT2D eigenvalue weighted by Crippen LogP contribution is 2.34. The van der Waals surface area contributed by atoms with Gasteiger partial charge in [0.2, 0.25) is 0 Å². The zero-order chi connectivity index (χ0) is 17.6. The number of nitrogens with one attached hydrogen (secondary N) is 1. The molecule has 0 saturated carbocycles. The summed E-state index contributed by atoms with van der Waals surface area (Å²) in [6, 6.07) is 5.66. The number of ether oxygens (including phenoxy) is 3. The lowest BCUT2D eigenvalue weighted by atomic mass is 10.1. The molecule has 6 nitrogen and oxygen atoms in total. The highest BCUT2D eigenvalue weighted by molar-refractivity contribution is 7.80. The largest absolute Gasteiger partial charge is 0.490 e. The first-order valence-electron chi connectivity index (χ1n) is 8.51. The van der Waals surface area contributed by atoms with Gasteiger partial charge in [-0.05, 0) is 37.7 Å². The van der Waals surface area contributed by atoms with Gasteiger partial charge in [-0.1, -0.05) is 12.1 Å². The van der Waals surface area contributed by atoms with Crippen LogP contribution in [0.2, 0.25) is 0 Å². The number of nitrogens with zero attached hydrogens (tertiary/aromatic N) is 1. The maximum absolute atomic E-state index is 12.6. The molecule has 0 bridgehead atoms. The van der Waals surface area contributed by atoms with Crippen molar-refractivity contribution in [1.29, 1.82) is 0 Å². The molecule has 0 aliphatic carbocycles. The monoisotopic (exact) mass is 362 g/mol. The minimum Gasteiger partial charge on any atom is -0.490 e. The molecule has 1 amide bonds.